The predicted molar refractivity (Wildman–Crippen MR) is 250 cm³/mol. The third-order valence-corrected chi connectivity index (χ3v) is 23.0. The summed E-state index contributed by atoms with van der Waals surface area (Å²) in [4.78, 5) is 21.1. The first-order valence-electron chi connectivity index (χ1n) is 22.1. The van der Waals surface area contributed by atoms with Gasteiger partial charge in [-0.15, -0.1) is 0 Å². The van der Waals surface area contributed by atoms with E-state index in [-0.39, 0.29) is 43.5 Å². The largest absolute Gasteiger partial charge is 0.410 e. The maximum Gasteiger partial charge on any atom is 0.269 e. The number of hydrogen-bond acceptors (Lipinski definition) is 6. The van der Waals surface area contributed by atoms with Crippen molar-refractivity contribution >= 4 is 28.0 Å². The summed E-state index contributed by atoms with van der Waals surface area (Å²) in [6.45, 7) is 23.2. The summed E-state index contributed by atoms with van der Waals surface area (Å²) >= 11 is 0. The fraction of sp³-hybridized carbons (Fsp3) is 0.520. The summed E-state index contributed by atoms with van der Waals surface area (Å²) in [5.41, 5.74) is 5.29. The fourth-order valence-corrected chi connectivity index (χ4v) is 11.1. The number of nitro groups is 2. The highest BCUT2D eigenvalue weighted by Gasteiger charge is 2.44. The summed E-state index contributed by atoms with van der Waals surface area (Å²) < 4.78 is 14.0. The van der Waals surface area contributed by atoms with Crippen LogP contribution in [0.4, 0.5) is 11.4 Å². The topological polar surface area (TPSA) is 105 Å². The molecule has 10 heteroatoms. The molecule has 6 rings (SSSR count). The van der Waals surface area contributed by atoms with Gasteiger partial charge in [0.15, 0.2) is 16.6 Å². The first kappa shape index (κ1) is 47.1. The van der Waals surface area contributed by atoms with E-state index >= 15 is 0 Å². The van der Waals surface area contributed by atoms with Crippen LogP contribution in [-0.4, -0.2) is 26.5 Å². The van der Waals surface area contributed by atoms with Crippen LogP contribution in [0.15, 0.2) is 109 Å². The number of nitrogens with zero attached hydrogens (tertiary/aromatic N) is 2. The lowest BCUT2D eigenvalue weighted by atomic mass is 9.91. The zero-order valence-electron chi connectivity index (χ0n) is 37.9. The van der Waals surface area contributed by atoms with Crippen molar-refractivity contribution < 1.29 is 18.7 Å². The van der Waals surface area contributed by atoms with Crippen molar-refractivity contribution in [3.05, 3.63) is 152 Å². The van der Waals surface area contributed by atoms with Crippen molar-refractivity contribution in [3.63, 3.8) is 0 Å². The van der Waals surface area contributed by atoms with Crippen molar-refractivity contribution in [2.75, 3.05) is 0 Å². The Morgan fingerprint density at radius 2 is 0.850 bits per heavy atom. The minimum absolute atomic E-state index is 0.147. The Labute approximate surface area is 362 Å². The normalized spacial score (nSPS) is 20.8. The monoisotopic (exact) mass is 850 g/mol. The average molecular weight is 851 g/mol. The molecule has 0 aromatic heterocycles. The first-order valence-corrected chi connectivity index (χ1v) is 27.9. The van der Waals surface area contributed by atoms with Crippen molar-refractivity contribution in [2.45, 2.75) is 141 Å². The quantitative estimate of drug-likeness (QED) is 0.0711. The van der Waals surface area contributed by atoms with Gasteiger partial charge in [0.1, 0.15) is 0 Å². The zero-order valence-corrected chi connectivity index (χ0v) is 39.9. The van der Waals surface area contributed by atoms with E-state index in [2.05, 4.69) is 128 Å². The summed E-state index contributed by atoms with van der Waals surface area (Å²) in [6, 6.07) is 35.5. The lowest BCUT2D eigenvalue weighted by molar-refractivity contribution is -0.385. The van der Waals surface area contributed by atoms with Gasteiger partial charge < -0.3 is 8.85 Å². The summed E-state index contributed by atoms with van der Waals surface area (Å²) in [7, 11) is -3.79. The maximum atomic E-state index is 10.9. The molecule has 60 heavy (non-hydrogen) atoms. The van der Waals surface area contributed by atoms with Crippen LogP contribution in [0.25, 0.3) is 0 Å². The SMILES string of the molecule is CC(C)(C)[Si](C)(C)O[C@H](c1ccccc1)[C@H]1CC[C@@H](Cc2ccc([N+](=O)[O-])cc2)C1.CC(C)(C)[Si](C)(C)O[C@H](c1ccccc1)[C@H]1CC[C@H](Cc2ccc([N+](=O)[O-])cc2)C1. The van der Waals surface area contributed by atoms with Crippen LogP contribution in [0.1, 0.15) is 115 Å². The van der Waals surface area contributed by atoms with Gasteiger partial charge in [-0.25, -0.2) is 0 Å². The third-order valence-electron chi connectivity index (χ3n) is 14.1. The standard InChI is InChI=1S/2C25H35NO3Si/c2*1-25(2,3)30(4,5)29-24(21-9-7-6-8-10-21)22-14-11-20(18-22)17-19-12-15-23(16-13-19)26(27)28/h2*6-10,12-13,15-16,20,22,24H,11,14,17-18H2,1-5H3/t20-,22+,24-;20-,22-,24+/m10/s1. The molecule has 2 saturated carbocycles. The lowest BCUT2D eigenvalue weighted by Gasteiger charge is -2.41. The molecule has 0 unspecified atom stereocenters. The van der Waals surface area contributed by atoms with E-state index in [0.29, 0.717) is 23.7 Å². The van der Waals surface area contributed by atoms with Crippen LogP contribution in [0.3, 0.4) is 0 Å². The molecule has 324 valence electrons. The van der Waals surface area contributed by atoms with Crippen molar-refractivity contribution in [1.82, 2.24) is 0 Å². The van der Waals surface area contributed by atoms with Gasteiger partial charge in [-0.3, -0.25) is 20.2 Å². The highest BCUT2D eigenvalue weighted by atomic mass is 28.4. The van der Waals surface area contributed by atoms with E-state index in [1.54, 1.807) is 24.3 Å². The van der Waals surface area contributed by atoms with Gasteiger partial charge in [0, 0.05) is 24.3 Å². The third kappa shape index (κ3) is 12.6. The summed E-state index contributed by atoms with van der Waals surface area (Å²) in [6.07, 6.45) is 9.26. The Hall–Kier alpha value is -3.97. The van der Waals surface area contributed by atoms with Crippen LogP contribution in [-0.2, 0) is 21.7 Å². The van der Waals surface area contributed by atoms with Gasteiger partial charge in [0.05, 0.1) is 22.1 Å². The predicted octanol–water partition coefficient (Wildman–Crippen LogP) is 14.6. The highest BCUT2D eigenvalue weighted by Crippen LogP contribution is 2.49. The van der Waals surface area contributed by atoms with E-state index < -0.39 is 16.6 Å². The fourth-order valence-electron chi connectivity index (χ4n) is 8.47. The van der Waals surface area contributed by atoms with Gasteiger partial charge in [-0.2, -0.15) is 0 Å². The molecule has 0 spiro atoms. The molecule has 0 amide bonds. The molecule has 4 aromatic rings. The summed E-state index contributed by atoms with van der Waals surface area (Å²) in [5, 5.41) is 22.1. The van der Waals surface area contributed by atoms with Crippen LogP contribution >= 0.6 is 0 Å². The first-order chi connectivity index (χ1) is 28.1. The second kappa shape index (κ2) is 19.8. The van der Waals surface area contributed by atoms with Gasteiger partial charge in [0.25, 0.3) is 11.4 Å². The molecule has 0 heterocycles. The van der Waals surface area contributed by atoms with E-state index in [1.165, 1.54) is 47.9 Å². The second-order valence-corrected chi connectivity index (χ2v) is 30.1. The van der Waals surface area contributed by atoms with Gasteiger partial charge >= 0.3 is 0 Å². The second-order valence-electron chi connectivity index (χ2n) is 20.6. The number of rotatable bonds is 14. The molecule has 0 radical (unpaired) electrons. The molecule has 2 fully saturated rings. The Morgan fingerprint density at radius 3 is 1.13 bits per heavy atom. The van der Waals surface area contributed by atoms with Gasteiger partial charge in [0.2, 0.25) is 0 Å². The molecule has 0 saturated heterocycles. The molecule has 8 nitrogen and oxygen atoms in total. The molecular weight excluding hydrogens is 781 g/mol. The number of hydrogen-bond donors (Lipinski definition) is 0. The van der Waals surface area contributed by atoms with E-state index in [1.807, 2.05) is 24.3 Å². The average Bonchev–Trinajstić information content (AvgIpc) is 3.86. The van der Waals surface area contributed by atoms with E-state index in [0.717, 1.165) is 25.7 Å². The number of non-ortho nitro benzene ring substituents is 2. The summed E-state index contributed by atoms with van der Waals surface area (Å²) in [5.74, 6) is 2.24. The van der Waals surface area contributed by atoms with Crippen LogP contribution < -0.4 is 0 Å². The van der Waals surface area contributed by atoms with Gasteiger partial charge in [-0.1, -0.05) is 126 Å². The van der Waals surface area contributed by atoms with Crippen LogP contribution in [0.2, 0.25) is 36.3 Å². The van der Waals surface area contributed by atoms with Crippen LogP contribution in [0.5, 0.6) is 0 Å². The molecule has 4 aromatic carbocycles. The smallest absolute Gasteiger partial charge is 0.269 e. The Kier molecular flexibility index (Phi) is 15.6. The van der Waals surface area contributed by atoms with Crippen molar-refractivity contribution in [2.24, 2.45) is 23.7 Å². The molecular formula is C50H70N2O6Si2. The van der Waals surface area contributed by atoms with Crippen LogP contribution in [0, 0.1) is 43.9 Å². The lowest BCUT2D eigenvalue weighted by Crippen LogP contribution is -2.43. The molecule has 2 aliphatic carbocycles. The van der Waals surface area contributed by atoms with E-state index in [4.69, 9.17) is 8.85 Å². The molecule has 2 aliphatic rings. The minimum Gasteiger partial charge on any atom is -0.410 e. The van der Waals surface area contributed by atoms with Crippen molar-refractivity contribution in [3.8, 4) is 0 Å². The van der Waals surface area contributed by atoms with Gasteiger partial charge in [-0.05, 0) is 134 Å². The van der Waals surface area contributed by atoms with E-state index in [9.17, 15) is 20.2 Å². The van der Waals surface area contributed by atoms with Crippen molar-refractivity contribution in [1.29, 1.82) is 0 Å². The Morgan fingerprint density at radius 1 is 0.533 bits per heavy atom. The zero-order chi connectivity index (χ0) is 43.9. The highest BCUT2D eigenvalue weighted by molar-refractivity contribution is 6.74. The Bertz CT molecular complexity index is 1830. The number of benzene rings is 4. The minimum atomic E-state index is -1.90. The molecule has 0 aliphatic heterocycles. The Balaban J connectivity index is 0.000000228. The molecule has 0 bridgehead atoms. The number of nitro benzene ring substituents is 2. The molecule has 0 N–H and O–H groups in total. The maximum absolute atomic E-state index is 10.9. The molecule has 6 atom stereocenters.